The summed E-state index contributed by atoms with van der Waals surface area (Å²) >= 11 is 5.67. The Morgan fingerprint density at radius 1 is 1.37 bits per heavy atom. The number of ether oxygens (including phenoxy) is 1. The molecule has 0 bridgehead atoms. The normalized spacial score (nSPS) is 12.4. The number of aromatic nitrogens is 2. The van der Waals surface area contributed by atoms with E-state index in [4.69, 9.17) is 16.3 Å². The molecule has 0 aliphatic rings. The van der Waals surface area contributed by atoms with Crippen LogP contribution in [0.5, 0.6) is 0 Å². The van der Waals surface area contributed by atoms with Gasteiger partial charge in [0.15, 0.2) is 10.8 Å². The third-order valence-electron chi connectivity index (χ3n) is 1.87. The number of carbonyl (C=O) groups is 1. The smallest absolute Gasteiger partial charge is 0.437 e. The second-order valence-corrected chi connectivity index (χ2v) is 5.12. The molecular weight excluding hydrogens is 287 g/mol. The number of hydrogen-bond acceptors (Lipinski definition) is 3. The first-order chi connectivity index (χ1) is 8.42. The summed E-state index contributed by atoms with van der Waals surface area (Å²) in [5.41, 5.74) is -2.73. The molecule has 1 N–H and O–H groups in total. The molecule has 0 radical (unpaired) electrons. The average molecular weight is 300 g/mol. The van der Waals surface area contributed by atoms with Gasteiger partial charge in [-0.05, 0) is 20.8 Å². The molecule has 0 spiro atoms. The molecule has 9 heteroatoms. The van der Waals surface area contributed by atoms with E-state index in [-0.39, 0.29) is 5.15 Å². The van der Waals surface area contributed by atoms with Crippen LogP contribution in [0.1, 0.15) is 26.5 Å². The molecule has 0 saturated carbocycles. The van der Waals surface area contributed by atoms with Crippen LogP contribution in [0, 0.1) is 0 Å². The van der Waals surface area contributed by atoms with Crippen LogP contribution in [-0.4, -0.2) is 21.5 Å². The second kappa shape index (κ2) is 4.92. The van der Waals surface area contributed by atoms with Gasteiger partial charge >= 0.3 is 12.3 Å². The summed E-state index contributed by atoms with van der Waals surface area (Å²) in [6, 6.07) is 0. The summed E-state index contributed by atoms with van der Waals surface area (Å²) in [6.45, 7) is 4.76. The maximum absolute atomic E-state index is 12.7. The third-order valence-corrected chi connectivity index (χ3v) is 2.31. The van der Waals surface area contributed by atoms with E-state index >= 15 is 0 Å². The van der Waals surface area contributed by atoms with Gasteiger partial charge in [0, 0.05) is 7.05 Å². The lowest BCUT2D eigenvalue weighted by Crippen LogP contribution is -2.28. The fraction of sp³-hybridized carbons (Fsp3) is 0.600. The molecule has 1 amide bonds. The lowest BCUT2D eigenvalue weighted by molar-refractivity contribution is -0.140. The molecule has 1 rings (SSSR count). The van der Waals surface area contributed by atoms with Gasteiger partial charge in [0.05, 0.1) is 0 Å². The van der Waals surface area contributed by atoms with Crippen LogP contribution < -0.4 is 5.32 Å². The van der Waals surface area contributed by atoms with Gasteiger partial charge in [-0.3, -0.25) is 10.00 Å². The third kappa shape index (κ3) is 4.02. The number of rotatable bonds is 1. The maximum atomic E-state index is 12.7. The molecule has 0 unspecified atom stereocenters. The first kappa shape index (κ1) is 15.6. The predicted molar refractivity (Wildman–Crippen MR) is 63.1 cm³/mol. The van der Waals surface area contributed by atoms with Crippen molar-refractivity contribution in [2.75, 3.05) is 5.32 Å². The molecule has 0 saturated heterocycles. The minimum atomic E-state index is -4.73. The number of anilines is 1. The maximum Gasteiger partial charge on any atom is 0.437 e. The Balaban J connectivity index is 3.04. The molecule has 19 heavy (non-hydrogen) atoms. The summed E-state index contributed by atoms with van der Waals surface area (Å²) in [5, 5.41) is 4.85. The van der Waals surface area contributed by atoms with E-state index in [9.17, 15) is 18.0 Å². The Labute approximate surface area is 112 Å². The molecule has 5 nitrogen and oxygen atoms in total. The highest BCUT2D eigenvalue weighted by molar-refractivity contribution is 6.32. The zero-order valence-corrected chi connectivity index (χ0v) is 11.5. The van der Waals surface area contributed by atoms with E-state index in [1.807, 2.05) is 5.32 Å². The Hall–Kier alpha value is -1.44. The number of nitrogens with zero attached hydrogens (tertiary/aromatic N) is 2. The van der Waals surface area contributed by atoms with Gasteiger partial charge in [-0.25, -0.2) is 4.79 Å². The molecule has 1 aromatic rings. The van der Waals surface area contributed by atoms with Crippen LogP contribution in [0.2, 0.25) is 5.15 Å². The molecular formula is C10H13ClF3N3O2. The topological polar surface area (TPSA) is 56.2 Å². The van der Waals surface area contributed by atoms with E-state index in [1.165, 1.54) is 7.05 Å². The average Bonchev–Trinajstić information content (AvgIpc) is 2.42. The Kier molecular flexibility index (Phi) is 4.04. The quantitative estimate of drug-likeness (QED) is 0.864. The molecule has 0 fully saturated rings. The Morgan fingerprint density at radius 2 is 1.89 bits per heavy atom. The number of hydrogen-bond donors (Lipinski definition) is 1. The van der Waals surface area contributed by atoms with Gasteiger partial charge in [0.25, 0.3) is 0 Å². The van der Waals surface area contributed by atoms with Crippen molar-refractivity contribution in [3.8, 4) is 0 Å². The predicted octanol–water partition coefficient (Wildman–Crippen LogP) is 3.44. The summed E-state index contributed by atoms with van der Waals surface area (Å²) in [4.78, 5) is 11.5. The highest BCUT2D eigenvalue weighted by atomic mass is 35.5. The molecule has 108 valence electrons. The van der Waals surface area contributed by atoms with Crippen molar-refractivity contribution in [2.24, 2.45) is 7.05 Å². The monoisotopic (exact) mass is 299 g/mol. The number of alkyl halides is 3. The summed E-state index contributed by atoms with van der Waals surface area (Å²) < 4.78 is 43.8. The van der Waals surface area contributed by atoms with Crippen molar-refractivity contribution in [1.29, 1.82) is 0 Å². The molecule has 0 aliphatic carbocycles. The SMILES string of the molecule is Cn1nc(C(F)(F)F)c(NC(=O)OC(C)(C)C)c1Cl. The lowest BCUT2D eigenvalue weighted by atomic mass is 10.2. The first-order valence-electron chi connectivity index (χ1n) is 5.21. The molecule has 0 aliphatic heterocycles. The van der Waals surface area contributed by atoms with Crippen molar-refractivity contribution in [1.82, 2.24) is 9.78 Å². The van der Waals surface area contributed by atoms with Crippen LogP contribution in [0.4, 0.5) is 23.7 Å². The summed E-state index contributed by atoms with van der Waals surface area (Å²) in [6.07, 6.45) is -5.76. The van der Waals surface area contributed by atoms with Crippen molar-refractivity contribution in [3.05, 3.63) is 10.8 Å². The first-order valence-corrected chi connectivity index (χ1v) is 5.59. The van der Waals surface area contributed by atoms with Crippen molar-refractivity contribution in [3.63, 3.8) is 0 Å². The van der Waals surface area contributed by atoms with Gasteiger partial charge in [-0.1, -0.05) is 11.6 Å². The van der Waals surface area contributed by atoms with E-state index < -0.39 is 29.3 Å². The Bertz CT molecular complexity index is 491. The van der Waals surface area contributed by atoms with Gasteiger partial charge in [0.1, 0.15) is 11.3 Å². The zero-order valence-electron chi connectivity index (χ0n) is 10.7. The van der Waals surface area contributed by atoms with Crippen molar-refractivity contribution < 1.29 is 22.7 Å². The van der Waals surface area contributed by atoms with E-state index in [1.54, 1.807) is 20.8 Å². The number of nitrogens with one attached hydrogen (secondary N) is 1. The van der Waals surface area contributed by atoms with E-state index in [0.29, 0.717) is 0 Å². The fourth-order valence-corrected chi connectivity index (χ4v) is 1.39. The fourth-order valence-electron chi connectivity index (χ4n) is 1.22. The highest BCUT2D eigenvalue weighted by Gasteiger charge is 2.39. The number of amides is 1. The molecule has 0 aromatic carbocycles. The largest absolute Gasteiger partial charge is 0.444 e. The number of halogens is 4. The zero-order chi connectivity index (χ0) is 15.0. The van der Waals surface area contributed by atoms with Crippen LogP contribution in [0.3, 0.4) is 0 Å². The summed E-state index contributed by atoms with van der Waals surface area (Å²) in [7, 11) is 1.23. The van der Waals surface area contributed by atoms with Crippen LogP contribution in [-0.2, 0) is 18.0 Å². The molecule has 1 heterocycles. The second-order valence-electron chi connectivity index (χ2n) is 4.76. The molecule has 0 atom stereocenters. The lowest BCUT2D eigenvalue weighted by Gasteiger charge is -2.19. The van der Waals surface area contributed by atoms with Gasteiger partial charge in [-0.2, -0.15) is 18.3 Å². The number of carbonyl (C=O) groups excluding carboxylic acids is 1. The molecule has 1 aromatic heterocycles. The van der Waals surface area contributed by atoms with E-state index in [0.717, 1.165) is 4.68 Å². The van der Waals surface area contributed by atoms with Crippen LogP contribution in [0.25, 0.3) is 0 Å². The summed E-state index contributed by atoms with van der Waals surface area (Å²) in [5.74, 6) is 0. The van der Waals surface area contributed by atoms with Gasteiger partial charge in [-0.15, -0.1) is 0 Å². The van der Waals surface area contributed by atoms with Gasteiger partial charge in [0.2, 0.25) is 0 Å². The van der Waals surface area contributed by atoms with Crippen molar-refractivity contribution in [2.45, 2.75) is 32.5 Å². The van der Waals surface area contributed by atoms with E-state index in [2.05, 4.69) is 5.10 Å². The Morgan fingerprint density at radius 3 is 2.32 bits per heavy atom. The van der Waals surface area contributed by atoms with Crippen molar-refractivity contribution >= 4 is 23.4 Å². The van der Waals surface area contributed by atoms with Crippen LogP contribution >= 0.6 is 11.6 Å². The highest BCUT2D eigenvalue weighted by Crippen LogP contribution is 2.37. The van der Waals surface area contributed by atoms with Gasteiger partial charge < -0.3 is 4.74 Å². The van der Waals surface area contributed by atoms with Crippen LogP contribution in [0.15, 0.2) is 0 Å². The minimum Gasteiger partial charge on any atom is -0.444 e. The standard InChI is InChI=1S/C10H13ClF3N3O2/c1-9(2,3)19-8(18)15-5-6(10(12,13)14)16-17(4)7(5)11/h1-4H3,(H,15,18). The minimum absolute atomic E-state index is 0.335. The number of aryl methyl sites for hydroxylation is 1.